The highest BCUT2D eigenvalue weighted by Crippen LogP contribution is 2.23. The summed E-state index contributed by atoms with van der Waals surface area (Å²) in [5, 5.41) is 7.74. The van der Waals surface area contributed by atoms with Crippen LogP contribution in [0.15, 0.2) is 47.4 Å². The van der Waals surface area contributed by atoms with Crippen molar-refractivity contribution in [3.63, 3.8) is 0 Å². The maximum Gasteiger partial charge on any atom is 0.342 e. The highest BCUT2D eigenvalue weighted by molar-refractivity contribution is 7.89. The van der Waals surface area contributed by atoms with Crippen LogP contribution in [0.3, 0.4) is 0 Å². The molecular formula is C21H27N3O6S. The van der Waals surface area contributed by atoms with Crippen molar-refractivity contribution in [2.24, 2.45) is 5.14 Å². The van der Waals surface area contributed by atoms with E-state index >= 15 is 0 Å². The van der Waals surface area contributed by atoms with Crippen molar-refractivity contribution in [2.75, 3.05) is 30.5 Å². The molecule has 0 aliphatic carbocycles. The molecule has 31 heavy (non-hydrogen) atoms. The Labute approximate surface area is 182 Å². The minimum atomic E-state index is -4.02. The summed E-state index contributed by atoms with van der Waals surface area (Å²) in [5.41, 5.74) is 1.43. The number of esters is 1. The Morgan fingerprint density at radius 2 is 1.77 bits per heavy atom. The molecule has 0 saturated heterocycles. The molecule has 168 valence electrons. The van der Waals surface area contributed by atoms with Crippen LogP contribution in [0.4, 0.5) is 11.4 Å². The molecule has 2 aromatic carbocycles. The molecule has 0 aromatic heterocycles. The van der Waals surface area contributed by atoms with Crippen molar-refractivity contribution in [2.45, 2.75) is 31.7 Å². The molecule has 0 unspecified atom stereocenters. The van der Waals surface area contributed by atoms with Crippen LogP contribution in [0, 0.1) is 0 Å². The SMILES string of the molecule is CCN(c1ccc(NC(=O)COC(=O)c2cc(S(N)(=O)=O)ccc2OC)cc1)C(C)C. The van der Waals surface area contributed by atoms with Crippen LogP contribution in [-0.4, -0.2) is 46.6 Å². The number of rotatable bonds is 9. The molecule has 0 atom stereocenters. The fourth-order valence-corrected chi connectivity index (χ4v) is 3.55. The van der Waals surface area contributed by atoms with Gasteiger partial charge in [-0.3, -0.25) is 4.79 Å². The van der Waals surface area contributed by atoms with Gasteiger partial charge in [0.1, 0.15) is 11.3 Å². The van der Waals surface area contributed by atoms with Crippen LogP contribution in [-0.2, 0) is 19.6 Å². The summed E-state index contributed by atoms with van der Waals surface area (Å²) >= 11 is 0. The van der Waals surface area contributed by atoms with Crippen LogP contribution >= 0.6 is 0 Å². The molecule has 0 fully saturated rings. The van der Waals surface area contributed by atoms with Crippen LogP contribution < -0.4 is 20.1 Å². The second kappa shape index (κ2) is 10.3. The number of primary sulfonamides is 1. The lowest BCUT2D eigenvalue weighted by Crippen LogP contribution is -2.30. The van der Waals surface area contributed by atoms with E-state index in [2.05, 4.69) is 31.0 Å². The first-order chi connectivity index (χ1) is 14.6. The Balaban J connectivity index is 2.02. The fourth-order valence-electron chi connectivity index (χ4n) is 3.01. The van der Waals surface area contributed by atoms with E-state index in [0.717, 1.165) is 18.3 Å². The Hall–Kier alpha value is -3.11. The summed E-state index contributed by atoms with van der Waals surface area (Å²) in [7, 11) is -2.70. The van der Waals surface area contributed by atoms with Crippen LogP contribution in [0.2, 0.25) is 0 Å². The second-order valence-electron chi connectivity index (χ2n) is 6.96. The Morgan fingerprint density at radius 3 is 2.29 bits per heavy atom. The van der Waals surface area contributed by atoms with Crippen molar-refractivity contribution in [3.05, 3.63) is 48.0 Å². The van der Waals surface area contributed by atoms with E-state index < -0.39 is 28.5 Å². The van der Waals surface area contributed by atoms with Gasteiger partial charge >= 0.3 is 5.97 Å². The zero-order valence-corrected chi connectivity index (χ0v) is 18.7. The van der Waals surface area contributed by atoms with Gasteiger partial charge in [0.15, 0.2) is 6.61 Å². The number of hydrogen-bond donors (Lipinski definition) is 2. The van der Waals surface area contributed by atoms with Gasteiger partial charge in [-0.2, -0.15) is 0 Å². The molecule has 0 saturated carbocycles. The van der Waals surface area contributed by atoms with E-state index in [1.165, 1.54) is 19.2 Å². The number of anilines is 2. The lowest BCUT2D eigenvalue weighted by molar-refractivity contribution is -0.119. The largest absolute Gasteiger partial charge is 0.496 e. The molecule has 1 amide bonds. The molecule has 3 N–H and O–H groups in total. The normalized spacial score (nSPS) is 11.2. The zero-order chi connectivity index (χ0) is 23.2. The average molecular weight is 450 g/mol. The number of ether oxygens (including phenoxy) is 2. The molecule has 2 rings (SSSR count). The summed E-state index contributed by atoms with van der Waals surface area (Å²) < 4.78 is 33.1. The molecule has 0 heterocycles. The molecular weight excluding hydrogens is 422 g/mol. The van der Waals surface area contributed by atoms with E-state index in [1.54, 1.807) is 12.1 Å². The van der Waals surface area contributed by atoms with Gasteiger partial charge < -0.3 is 19.7 Å². The highest BCUT2D eigenvalue weighted by Gasteiger charge is 2.19. The summed E-state index contributed by atoms with van der Waals surface area (Å²) in [5.74, 6) is -1.36. The molecule has 0 aliphatic heterocycles. The number of nitrogens with one attached hydrogen (secondary N) is 1. The third-order valence-corrected chi connectivity index (χ3v) is 5.41. The first-order valence-electron chi connectivity index (χ1n) is 9.61. The van der Waals surface area contributed by atoms with Gasteiger partial charge in [-0.25, -0.2) is 18.4 Å². The van der Waals surface area contributed by atoms with Gasteiger partial charge in [0.25, 0.3) is 5.91 Å². The quantitative estimate of drug-likeness (QED) is 0.563. The highest BCUT2D eigenvalue weighted by atomic mass is 32.2. The smallest absolute Gasteiger partial charge is 0.342 e. The predicted octanol–water partition coefficient (Wildman–Crippen LogP) is 2.37. The van der Waals surface area contributed by atoms with Crippen molar-refractivity contribution in [1.29, 1.82) is 0 Å². The molecule has 0 spiro atoms. The van der Waals surface area contributed by atoms with Crippen molar-refractivity contribution < 1.29 is 27.5 Å². The van der Waals surface area contributed by atoms with E-state index in [9.17, 15) is 18.0 Å². The van der Waals surface area contributed by atoms with Gasteiger partial charge in [-0.15, -0.1) is 0 Å². The van der Waals surface area contributed by atoms with Gasteiger partial charge in [0.2, 0.25) is 10.0 Å². The number of hydrogen-bond acceptors (Lipinski definition) is 7. The maximum atomic E-state index is 12.4. The molecule has 0 aliphatic rings. The first-order valence-corrected chi connectivity index (χ1v) is 11.2. The number of amides is 1. The molecule has 0 radical (unpaired) electrons. The van der Waals surface area contributed by atoms with Crippen molar-refractivity contribution in [3.8, 4) is 5.75 Å². The maximum absolute atomic E-state index is 12.4. The number of benzene rings is 2. The van der Waals surface area contributed by atoms with Crippen molar-refractivity contribution in [1.82, 2.24) is 0 Å². The Morgan fingerprint density at radius 1 is 1.13 bits per heavy atom. The van der Waals surface area contributed by atoms with Gasteiger partial charge in [0.05, 0.1) is 12.0 Å². The van der Waals surface area contributed by atoms with Crippen LogP contribution in [0.25, 0.3) is 0 Å². The lowest BCUT2D eigenvalue weighted by Gasteiger charge is -2.27. The summed E-state index contributed by atoms with van der Waals surface area (Å²) in [6, 6.07) is 11.2. The lowest BCUT2D eigenvalue weighted by atomic mass is 10.2. The minimum Gasteiger partial charge on any atom is -0.496 e. The van der Waals surface area contributed by atoms with Gasteiger partial charge in [-0.05, 0) is 63.2 Å². The molecule has 0 bridgehead atoms. The average Bonchev–Trinajstić information content (AvgIpc) is 2.72. The number of methoxy groups -OCH3 is 1. The van der Waals surface area contributed by atoms with Crippen molar-refractivity contribution >= 4 is 33.3 Å². The third-order valence-electron chi connectivity index (χ3n) is 4.50. The van der Waals surface area contributed by atoms with E-state index in [1.807, 2.05) is 12.1 Å². The van der Waals surface area contributed by atoms with Crippen LogP contribution in [0.1, 0.15) is 31.1 Å². The number of carbonyl (C=O) groups excluding carboxylic acids is 2. The summed E-state index contributed by atoms with van der Waals surface area (Å²) in [6.07, 6.45) is 0. The predicted molar refractivity (Wildman–Crippen MR) is 118 cm³/mol. The Bertz CT molecular complexity index is 1040. The Kier molecular flexibility index (Phi) is 8.01. The number of nitrogens with zero attached hydrogens (tertiary/aromatic N) is 1. The second-order valence-corrected chi connectivity index (χ2v) is 8.52. The minimum absolute atomic E-state index is 0.0963. The standard InChI is InChI=1S/C21H27N3O6S/c1-5-24(14(2)3)16-8-6-15(7-9-16)23-20(25)13-30-21(26)18-12-17(31(22,27)28)10-11-19(18)29-4/h6-12,14H,5,13H2,1-4H3,(H,23,25)(H2,22,27,28). The van der Waals surface area contributed by atoms with E-state index in [0.29, 0.717) is 11.7 Å². The summed E-state index contributed by atoms with van der Waals surface area (Å²) in [4.78, 5) is 26.5. The van der Waals surface area contributed by atoms with Gasteiger partial charge in [-0.1, -0.05) is 0 Å². The number of nitrogens with two attached hydrogens (primary N) is 1. The topological polar surface area (TPSA) is 128 Å². The van der Waals surface area contributed by atoms with Crippen LogP contribution in [0.5, 0.6) is 5.75 Å². The third kappa shape index (κ3) is 6.43. The number of carbonyl (C=O) groups is 2. The molecule has 10 heteroatoms. The van der Waals surface area contributed by atoms with E-state index in [4.69, 9.17) is 14.6 Å². The van der Waals surface area contributed by atoms with E-state index in [-0.39, 0.29) is 16.2 Å². The molecule has 9 nitrogen and oxygen atoms in total. The fraction of sp³-hybridized carbons (Fsp3) is 0.333. The summed E-state index contributed by atoms with van der Waals surface area (Å²) in [6.45, 7) is 6.56. The first kappa shape index (κ1) is 24.2. The molecule has 2 aromatic rings. The zero-order valence-electron chi connectivity index (χ0n) is 17.9. The number of sulfonamides is 1. The monoisotopic (exact) mass is 449 g/mol. The van der Waals surface area contributed by atoms with Gasteiger partial charge in [0, 0.05) is 24.0 Å².